The number of nitrogens with one attached hydrogen (secondary N) is 1. The van der Waals surface area contributed by atoms with Crippen molar-refractivity contribution in [1.82, 2.24) is 10.2 Å². The van der Waals surface area contributed by atoms with Gasteiger partial charge in [0, 0.05) is 32.2 Å². The van der Waals surface area contributed by atoms with Crippen LogP contribution in [0.1, 0.15) is 32.1 Å². The van der Waals surface area contributed by atoms with Crippen molar-refractivity contribution >= 4 is 12.4 Å². The fourth-order valence-electron chi connectivity index (χ4n) is 2.49. The highest BCUT2D eigenvalue weighted by molar-refractivity contribution is 5.85. The van der Waals surface area contributed by atoms with E-state index in [2.05, 4.69) is 10.2 Å². The van der Waals surface area contributed by atoms with E-state index < -0.39 is 0 Å². The first-order valence-corrected chi connectivity index (χ1v) is 5.41. The maximum Gasteiger partial charge on any atom is 0.0110 e. The molecule has 2 nitrogen and oxygen atoms in total. The number of hydrogen-bond donors (Lipinski definition) is 1. The molecule has 0 aromatic rings. The van der Waals surface area contributed by atoms with E-state index in [1.807, 2.05) is 0 Å². The van der Waals surface area contributed by atoms with Crippen molar-refractivity contribution in [3.8, 4) is 0 Å². The van der Waals surface area contributed by atoms with Crippen LogP contribution >= 0.6 is 12.4 Å². The van der Waals surface area contributed by atoms with Gasteiger partial charge in [-0.1, -0.05) is 19.3 Å². The molecule has 78 valence electrons. The van der Waals surface area contributed by atoms with Crippen LogP contribution in [0.4, 0.5) is 0 Å². The molecule has 1 aliphatic carbocycles. The molecular formula is C10H21ClN2. The monoisotopic (exact) mass is 204 g/mol. The second-order valence-electron chi connectivity index (χ2n) is 4.08. The Balaban J connectivity index is 0.000000845. The van der Waals surface area contributed by atoms with E-state index in [1.165, 1.54) is 58.3 Å². The summed E-state index contributed by atoms with van der Waals surface area (Å²) >= 11 is 0. The van der Waals surface area contributed by atoms with E-state index in [9.17, 15) is 0 Å². The lowest BCUT2D eigenvalue weighted by molar-refractivity contribution is 0.139. The van der Waals surface area contributed by atoms with Gasteiger partial charge in [-0.05, 0) is 12.8 Å². The highest BCUT2D eigenvalue weighted by Gasteiger charge is 2.21. The molecule has 0 aromatic heterocycles. The third kappa shape index (κ3) is 3.12. The quantitative estimate of drug-likeness (QED) is 0.699. The van der Waals surface area contributed by atoms with Crippen LogP contribution in [0.2, 0.25) is 0 Å². The first kappa shape index (κ1) is 11.3. The van der Waals surface area contributed by atoms with Crippen molar-refractivity contribution in [2.75, 3.05) is 26.2 Å². The molecule has 2 rings (SSSR count). The van der Waals surface area contributed by atoms with E-state index in [4.69, 9.17) is 0 Å². The van der Waals surface area contributed by atoms with Crippen LogP contribution in [0.3, 0.4) is 0 Å². The normalized spacial score (nSPS) is 26.8. The average molecular weight is 205 g/mol. The van der Waals surface area contributed by atoms with Crippen LogP contribution in [-0.2, 0) is 0 Å². The van der Waals surface area contributed by atoms with E-state index in [0.29, 0.717) is 0 Å². The lowest BCUT2D eigenvalue weighted by Crippen LogP contribution is -2.48. The summed E-state index contributed by atoms with van der Waals surface area (Å²) in [6, 6.07) is 0.931. The van der Waals surface area contributed by atoms with Gasteiger partial charge < -0.3 is 5.32 Å². The van der Waals surface area contributed by atoms with Gasteiger partial charge in [0.15, 0.2) is 0 Å². The Morgan fingerprint density at radius 3 is 2.15 bits per heavy atom. The van der Waals surface area contributed by atoms with Crippen LogP contribution in [-0.4, -0.2) is 37.1 Å². The summed E-state index contributed by atoms with van der Waals surface area (Å²) < 4.78 is 0. The maximum absolute atomic E-state index is 3.41. The lowest BCUT2D eigenvalue weighted by atomic mass is 9.94. The zero-order valence-electron chi connectivity index (χ0n) is 8.30. The summed E-state index contributed by atoms with van der Waals surface area (Å²) in [5.41, 5.74) is 0. The molecule has 0 aromatic carbocycles. The van der Waals surface area contributed by atoms with Gasteiger partial charge in [0.25, 0.3) is 0 Å². The standard InChI is InChI=1S/C10H20N2.ClH/c1-2-4-10(5-3-1)12-8-6-11-7-9-12;/h10-11H,1-9H2;1H. The summed E-state index contributed by atoms with van der Waals surface area (Å²) in [5, 5.41) is 3.41. The number of hydrogen-bond acceptors (Lipinski definition) is 2. The summed E-state index contributed by atoms with van der Waals surface area (Å²) in [5.74, 6) is 0. The third-order valence-electron chi connectivity index (χ3n) is 3.24. The predicted octanol–water partition coefficient (Wildman–Crippen LogP) is 1.65. The van der Waals surface area contributed by atoms with Gasteiger partial charge in [-0.2, -0.15) is 0 Å². The maximum atomic E-state index is 3.41. The van der Waals surface area contributed by atoms with Gasteiger partial charge in [-0.15, -0.1) is 12.4 Å². The van der Waals surface area contributed by atoms with E-state index >= 15 is 0 Å². The van der Waals surface area contributed by atoms with Crippen LogP contribution in [0.15, 0.2) is 0 Å². The van der Waals surface area contributed by atoms with Crippen molar-refractivity contribution in [3.63, 3.8) is 0 Å². The van der Waals surface area contributed by atoms with Crippen LogP contribution in [0.5, 0.6) is 0 Å². The Bertz CT molecular complexity index is 113. The molecule has 2 fully saturated rings. The van der Waals surface area contributed by atoms with Gasteiger partial charge in [-0.3, -0.25) is 4.90 Å². The molecular weight excluding hydrogens is 184 g/mol. The lowest BCUT2D eigenvalue weighted by Gasteiger charge is -2.36. The Kier molecular flexibility index (Phi) is 5.07. The number of nitrogens with zero attached hydrogens (tertiary/aromatic N) is 1. The smallest absolute Gasteiger partial charge is 0.0110 e. The topological polar surface area (TPSA) is 15.3 Å². The highest BCUT2D eigenvalue weighted by atomic mass is 35.5. The first-order chi connectivity index (χ1) is 5.97. The van der Waals surface area contributed by atoms with Crippen molar-refractivity contribution < 1.29 is 0 Å². The molecule has 0 radical (unpaired) electrons. The first-order valence-electron chi connectivity index (χ1n) is 5.41. The average Bonchev–Trinajstić information content (AvgIpc) is 2.21. The summed E-state index contributed by atoms with van der Waals surface area (Å²) in [6.45, 7) is 4.97. The predicted molar refractivity (Wildman–Crippen MR) is 58.6 cm³/mol. The fraction of sp³-hybridized carbons (Fsp3) is 1.00. The molecule has 0 unspecified atom stereocenters. The molecule has 1 saturated carbocycles. The second kappa shape index (κ2) is 5.84. The van der Waals surface area contributed by atoms with E-state index in [0.717, 1.165) is 6.04 Å². The zero-order valence-corrected chi connectivity index (χ0v) is 9.11. The molecule has 13 heavy (non-hydrogen) atoms. The summed E-state index contributed by atoms with van der Waals surface area (Å²) in [6.07, 6.45) is 7.33. The van der Waals surface area contributed by atoms with Crippen molar-refractivity contribution in [1.29, 1.82) is 0 Å². The Hall–Kier alpha value is 0.210. The minimum absolute atomic E-state index is 0. The SMILES string of the molecule is C1CCC(N2CCNCC2)CC1.Cl. The largest absolute Gasteiger partial charge is 0.314 e. The Morgan fingerprint density at radius 1 is 0.923 bits per heavy atom. The van der Waals surface area contributed by atoms with Gasteiger partial charge in [0.2, 0.25) is 0 Å². The zero-order chi connectivity index (χ0) is 8.23. The van der Waals surface area contributed by atoms with Gasteiger partial charge in [0.05, 0.1) is 0 Å². The molecule has 0 spiro atoms. The minimum atomic E-state index is 0. The Labute approximate surface area is 87.5 Å². The fourth-order valence-corrected chi connectivity index (χ4v) is 2.49. The minimum Gasteiger partial charge on any atom is -0.314 e. The van der Waals surface area contributed by atoms with Crippen LogP contribution < -0.4 is 5.32 Å². The van der Waals surface area contributed by atoms with Crippen LogP contribution in [0.25, 0.3) is 0 Å². The molecule has 0 bridgehead atoms. The molecule has 2 aliphatic rings. The van der Waals surface area contributed by atoms with Gasteiger partial charge >= 0.3 is 0 Å². The third-order valence-corrected chi connectivity index (χ3v) is 3.24. The van der Waals surface area contributed by atoms with Crippen molar-refractivity contribution in [3.05, 3.63) is 0 Å². The van der Waals surface area contributed by atoms with Crippen LogP contribution in [0, 0.1) is 0 Å². The molecule has 3 heteroatoms. The molecule has 1 aliphatic heterocycles. The van der Waals surface area contributed by atoms with E-state index in [-0.39, 0.29) is 12.4 Å². The second-order valence-corrected chi connectivity index (χ2v) is 4.08. The van der Waals surface area contributed by atoms with Crippen molar-refractivity contribution in [2.24, 2.45) is 0 Å². The molecule has 1 heterocycles. The van der Waals surface area contributed by atoms with Crippen molar-refractivity contribution in [2.45, 2.75) is 38.1 Å². The Morgan fingerprint density at radius 2 is 1.54 bits per heavy atom. The molecule has 1 saturated heterocycles. The molecule has 0 amide bonds. The number of halogens is 1. The van der Waals surface area contributed by atoms with E-state index in [1.54, 1.807) is 0 Å². The number of piperazine rings is 1. The highest BCUT2D eigenvalue weighted by Crippen LogP contribution is 2.22. The summed E-state index contributed by atoms with van der Waals surface area (Å²) in [4.78, 5) is 2.69. The number of rotatable bonds is 1. The molecule has 1 N–H and O–H groups in total. The molecule has 0 atom stereocenters. The van der Waals surface area contributed by atoms with Gasteiger partial charge in [-0.25, -0.2) is 0 Å². The summed E-state index contributed by atoms with van der Waals surface area (Å²) in [7, 11) is 0. The van der Waals surface area contributed by atoms with Gasteiger partial charge in [0.1, 0.15) is 0 Å².